The van der Waals surface area contributed by atoms with Gasteiger partial charge in [-0.05, 0) is 19.1 Å². The van der Waals surface area contributed by atoms with Crippen molar-refractivity contribution >= 4 is 11.8 Å². The van der Waals surface area contributed by atoms with Gasteiger partial charge in [-0.25, -0.2) is 4.98 Å². The van der Waals surface area contributed by atoms with Crippen molar-refractivity contribution in [3.63, 3.8) is 0 Å². The van der Waals surface area contributed by atoms with E-state index in [9.17, 15) is 18.0 Å². The Morgan fingerprint density at radius 2 is 1.93 bits per heavy atom. The van der Waals surface area contributed by atoms with Gasteiger partial charge in [-0.2, -0.15) is 18.2 Å². The fourth-order valence-corrected chi connectivity index (χ4v) is 3.17. The molecular weight excluding hydrogens is 397 g/mol. The predicted molar refractivity (Wildman–Crippen MR) is 94.7 cm³/mol. The first-order chi connectivity index (χ1) is 13.3. The number of hydrogen-bond acceptors (Lipinski definition) is 7. The number of benzene rings is 1. The monoisotopic (exact) mass is 412 g/mol. The molecule has 3 rings (SSSR count). The van der Waals surface area contributed by atoms with Crippen LogP contribution in [0.2, 0.25) is 0 Å². The van der Waals surface area contributed by atoms with Gasteiger partial charge in [0, 0.05) is 29.8 Å². The van der Waals surface area contributed by atoms with E-state index in [1.807, 2.05) is 0 Å². The van der Waals surface area contributed by atoms with E-state index in [1.165, 1.54) is 23.9 Å². The molecule has 7 nitrogen and oxygen atoms in total. The Bertz CT molecular complexity index is 1020. The number of aromatic amines is 1. The van der Waals surface area contributed by atoms with E-state index in [4.69, 9.17) is 9.63 Å². The standard InChI is InChI=1S/C17H15F3N4O3S/c1-9-12(6-7-25)15(26)23-16(21-9)28-8-13-22-14(24-27-13)10-2-4-11(5-3-10)17(18,19)20/h2-5,25H,6-8H2,1H3,(H,21,23,26). The maximum Gasteiger partial charge on any atom is 0.416 e. The zero-order chi connectivity index (χ0) is 20.3. The highest BCUT2D eigenvalue weighted by atomic mass is 32.2. The lowest BCUT2D eigenvalue weighted by Crippen LogP contribution is -2.18. The van der Waals surface area contributed by atoms with E-state index >= 15 is 0 Å². The molecular formula is C17H15F3N4O3S. The van der Waals surface area contributed by atoms with Gasteiger partial charge in [0.05, 0.1) is 11.3 Å². The van der Waals surface area contributed by atoms with Crippen LogP contribution in [0.1, 0.15) is 22.7 Å². The van der Waals surface area contributed by atoms with E-state index in [1.54, 1.807) is 6.92 Å². The molecule has 0 saturated heterocycles. The summed E-state index contributed by atoms with van der Waals surface area (Å²) in [6, 6.07) is 4.44. The number of halogens is 3. The molecule has 0 atom stereocenters. The van der Waals surface area contributed by atoms with Crippen LogP contribution in [-0.4, -0.2) is 31.8 Å². The molecule has 0 bridgehead atoms. The van der Waals surface area contributed by atoms with Gasteiger partial charge in [0.15, 0.2) is 5.16 Å². The highest BCUT2D eigenvalue weighted by Crippen LogP contribution is 2.30. The van der Waals surface area contributed by atoms with Crippen LogP contribution in [0.5, 0.6) is 0 Å². The van der Waals surface area contributed by atoms with Crippen LogP contribution in [0.15, 0.2) is 38.7 Å². The Balaban J connectivity index is 1.69. The molecule has 0 radical (unpaired) electrons. The number of thioether (sulfide) groups is 1. The Labute approximate surface area is 161 Å². The number of aromatic nitrogens is 4. The average Bonchev–Trinajstić information content (AvgIpc) is 3.11. The van der Waals surface area contributed by atoms with Crippen LogP contribution >= 0.6 is 11.8 Å². The lowest BCUT2D eigenvalue weighted by atomic mass is 10.1. The first-order valence-electron chi connectivity index (χ1n) is 8.11. The summed E-state index contributed by atoms with van der Waals surface area (Å²) in [5, 5.41) is 13.1. The lowest BCUT2D eigenvalue weighted by Gasteiger charge is -2.05. The van der Waals surface area contributed by atoms with E-state index in [0.717, 1.165) is 12.1 Å². The van der Waals surface area contributed by atoms with E-state index in [-0.39, 0.29) is 36.1 Å². The topological polar surface area (TPSA) is 105 Å². The number of aliphatic hydroxyl groups excluding tert-OH is 1. The second kappa shape index (κ2) is 8.15. The minimum Gasteiger partial charge on any atom is -0.396 e. The minimum atomic E-state index is -4.41. The van der Waals surface area contributed by atoms with E-state index in [0.29, 0.717) is 22.0 Å². The van der Waals surface area contributed by atoms with Crippen molar-refractivity contribution in [3.8, 4) is 11.4 Å². The van der Waals surface area contributed by atoms with Crippen molar-refractivity contribution < 1.29 is 22.8 Å². The quantitative estimate of drug-likeness (QED) is 0.474. The second-order valence-electron chi connectivity index (χ2n) is 5.78. The second-order valence-corrected chi connectivity index (χ2v) is 6.75. The number of aryl methyl sites for hydroxylation is 1. The zero-order valence-electron chi connectivity index (χ0n) is 14.6. The Hall–Kier alpha value is -2.66. The van der Waals surface area contributed by atoms with Crippen molar-refractivity contribution in [3.05, 3.63) is 57.3 Å². The third-order valence-electron chi connectivity index (χ3n) is 3.83. The molecule has 0 aliphatic carbocycles. The van der Waals surface area contributed by atoms with Crippen molar-refractivity contribution in [2.24, 2.45) is 0 Å². The van der Waals surface area contributed by atoms with Crippen molar-refractivity contribution in [2.45, 2.75) is 30.4 Å². The van der Waals surface area contributed by atoms with Gasteiger partial charge >= 0.3 is 6.18 Å². The third-order valence-corrected chi connectivity index (χ3v) is 4.69. The average molecular weight is 412 g/mol. The highest BCUT2D eigenvalue weighted by molar-refractivity contribution is 7.98. The van der Waals surface area contributed by atoms with Crippen molar-refractivity contribution in [1.82, 2.24) is 20.1 Å². The molecule has 2 heterocycles. The van der Waals surface area contributed by atoms with Gasteiger partial charge in [0.1, 0.15) is 0 Å². The van der Waals surface area contributed by atoms with Gasteiger partial charge in [-0.1, -0.05) is 29.1 Å². The largest absolute Gasteiger partial charge is 0.416 e. The molecule has 0 unspecified atom stereocenters. The molecule has 0 fully saturated rings. The smallest absolute Gasteiger partial charge is 0.396 e. The summed E-state index contributed by atoms with van der Waals surface area (Å²) < 4.78 is 43.0. The minimum absolute atomic E-state index is 0.146. The van der Waals surface area contributed by atoms with Gasteiger partial charge in [0.25, 0.3) is 5.56 Å². The number of rotatable bonds is 6. The number of aliphatic hydroxyl groups is 1. The molecule has 2 N–H and O–H groups in total. The summed E-state index contributed by atoms with van der Waals surface area (Å²) in [7, 11) is 0. The number of alkyl halides is 3. The lowest BCUT2D eigenvalue weighted by molar-refractivity contribution is -0.137. The van der Waals surface area contributed by atoms with Crippen LogP contribution in [-0.2, 0) is 18.3 Å². The van der Waals surface area contributed by atoms with E-state index in [2.05, 4.69) is 20.1 Å². The molecule has 0 aliphatic heterocycles. The highest BCUT2D eigenvalue weighted by Gasteiger charge is 2.30. The van der Waals surface area contributed by atoms with Gasteiger partial charge in [-0.3, -0.25) is 4.79 Å². The molecule has 28 heavy (non-hydrogen) atoms. The Kier molecular flexibility index (Phi) is 5.84. The van der Waals surface area contributed by atoms with Crippen LogP contribution in [0.25, 0.3) is 11.4 Å². The summed E-state index contributed by atoms with van der Waals surface area (Å²) in [4.78, 5) is 23.0. The first-order valence-corrected chi connectivity index (χ1v) is 9.10. The van der Waals surface area contributed by atoms with Crippen molar-refractivity contribution in [2.75, 3.05) is 6.61 Å². The fraction of sp³-hybridized carbons (Fsp3) is 0.294. The van der Waals surface area contributed by atoms with Crippen molar-refractivity contribution in [1.29, 1.82) is 0 Å². The summed E-state index contributed by atoms with van der Waals surface area (Å²) in [6.07, 6.45) is -4.19. The number of hydrogen-bond donors (Lipinski definition) is 2. The van der Waals surface area contributed by atoms with Crippen LogP contribution in [0.3, 0.4) is 0 Å². The van der Waals surface area contributed by atoms with Gasteiger partial charge < -0.3 is 14.6 Å². The van der Waals surface area contributed by atoms with Crippen LogP contribution < -0.4 is 5.56 Å². The molecule has 148 valence electrons. The Morgan fingerprint density at radius 1 is 1.21 bits per heavy atom. The normalized spacial score (nSPS) is 11.8. The molecule has 3 aromatic rings. The summed E-state index contributed by atoms with van der Waals surface area (Å²) in [5.41, 5.74) is 0.264. The summed E-state index contributed by atoms with van der Waals surface area (Å²) >= 11 is 1.17. The molecule has 2 aromatic heterocycles. The van der Waals surface area contributed by atoms with Crippen LogP contribution in [0.4, 0.5) is 13.2 Å². The Morgan fingerprint density at radius 3 is 2.54 bits per heavy atom. The molecule has 0 aliphatic rings. The van der Waals surface area contributed by atoms with Crippen LogP contribution in [0, 0.1) is 6.92 Å². The number of nitrogens with zero attached hydrogens (tertiary/aromatic N) is 3. The molecule has 1 aromatic carbocycles. The molecule has 0 spiro atoms. The number of H-pyrrole nitrogens is 1. The molecule has 0 amide bonds. The maximum atomic E-state index is 12.6. The maximum absolute atomic E-state index is 12.6. The first kappa shape index (κ1) is 20.1. The van der Waals surface area contributed by atoms with E-state index < -0.39 is 11.7 Å². The van der Waals surface area contributed by atoms with Gasteiger partial charge in [-0.15, -0.1) is 0 Å². The summed E-state index contributed by atoms with van der Waals surface area (Å²) in [5.74, 6) is 0.620. The van der Waals surface area contributed by atoms with Gasteiger partial charge in [0.2, 0.25) is 11.7 Å². The molecule has 0 saturated carbocycles. The zero-order valence-corrected chi connectivity index (χ0v) is 15.4. The number of nitrogens with one attached hydrogen (secondary N) is 1. The fourth-order valence-electron chi connectivity index (χ4n) is 2.43. The predicted octanol–water partition coefficient (Wildman–Crippen LogP) is 2.97. The molecule has 11 heteroatoms. The SMILES string of the molecule is Cc1nc(SCc2nc(-c3ccc(C(F)(F)F)cc3)no2)[nH]c(=O)c1CCO. The third kappa shape index (κ3) is 4.60. The summed E-state index contributed by atoms with van der Waals surface area (Å²) in [6.45, 7) is 1.53.